The number of benzene rings is 1. The third kappa shape index (κ3) is 4.80. The molecule has 0 aliphatic carbocycles. The van der Waals surface area contributed by atoms with Gasteiger partial charge in [-0.2, -0.15) is 4.39 Å². The fourth-order valence-corrected chi connectivity index (χ4v) is 1.74. The minimum absolute atomic E-state index is 0.00518. The third-order valence-corrected chi connectivity index (χ3v) is 2.64. The van der Waals surface area contributed by atoms with Crippen LogP contribution in [0.5, 0.6) is 0 Å². The lowest BCUT2D eigenvalue weighted by atomic mass is 10.1. The van der Waals surface area contributed by atoms with Crippen molar-refractivity contribution in [1.82, 2.24) is 0 Å². The fraction of sp³-hybridized carbons (Fsp3) is 0.500. The van der Waals surface area contributed by atoms with Crippen LogP contribution in [-0.2, 0) is 4.74 Å². The van der Waals surface area contributed by atoms with Gasteiger partial charge in [-0.3, -0.25) is 10.1 Å². The summed E-state index contributed by atoms with van der Waals surface area (Å²) in [7, 11) is 1.58. The van der Waals surface area contributed by atoms with Crippen molar-refractivity contribution < 1.29 is 14.1 Å². The average molecular weight is 271 g/mol. The van der Waals surface area contributed by atoms with E-state index in [1.807, 2.05) is 0 Å². The van der Waals surface area contributed by atoms with Crippen LogP contribution in [0.1, 0.15) is 12.8 Å². The predicted octanol–water partition coefficient (Wildman–Crippen LogP) is 1.90. The van der Waals surface area contributed by atoms with Crippen molar-refractivity contribution in [3.63, 3.8) is 0 Å². The molecule has 0 aliphatic rings. The van der Waals surface area contributed by atoms with Crippen LogP contribution < -0.4 is 11.1 Å². The highest BCUT2D eigenvalue weighted by Gasteiger charge is 2.15. The van der Waals surface area contributed by atoms with E-state index in [1.165, 1.54) is 6.07 Å². The SMILES string of the molecule is COCC(CCCN)Nc1ccc([N+](=O)[O-])c(F)c1. The summed E-state index contributed by atoms with van der Waals surface area (Å²) in [5.74, 6) is -0.856. The number of rotatable bonds is 8. The number of methoxy groups -OCH3 is 1. The van der Waals surface area contributed by atoms with Crippen molar-refractivity contribution in [2.24, 2.45) is 5.73 Å². The van der Waals surface area contributed by atoms with Gasteiger partial charge in [0.1, 0.15) is 0 Å². The molecule has 0 fully saturated rings. The summed E-state index contributed by atoms with van der Waals surface area (Å²) in [5.41, 5.74) is 5.40. The first-order valence-electron chi connectivity index (χ1n) is 5.98. The molecule has 1 aromatic rings. The normalized spacial score (nSPS) is 12.2. The van der Waals surface area contributed by atoms with Crippen LogP contribution in [0.4, 0.5) is 15.8 Å². The van der Waals surface area contributed by atoms with Crippen LogP contribution in [0.2, 0.25) is 0 Å². The molecule has 106 valence electrons. The van der Waals surface area contributed by atoms with Crippen LogP contribution in [0, 0.1) is 15.9 Å². The monoisotopic (exact) mass is 271 g/mol. The summed E-state index contributed by atoms with van der Waals surface area (Å²) in [6, 6.07) is 3.73. The summed E-state index contributed by atoms with van der Waals surface area (Å²) in [6.45, 7) is 1.02. The van der Waals surface area contributed by atoms with Crippen LogP contribution >= 0.6 is 0 Å². The number of nitro benzene ring substituents is 1. The molecule has 1 unspecified atom stereocenters. The fourth-order valence-electron chi connectivity index (χ4n) is 1.74. The Bertz CT molecular complexity index is 429. The minimum Gasteiger partial charge on any atom is -0.383 e. The zero-order chi connectivity index (χ0) is 14.3. The molecule has 7 heteroatoms. The molecule has 0 bridgehead atoms. The van der Waals surface area contributed by atoms with Crippen molar-refractivity contribution in [3.05, 3.63) is 34.1 Å². The maximum absolute atomic E-state index is 13.5. The van der Waals surface area contributed by atoms with Crippen LogP contribution in [0.3, 0.4) is 0 Å². The van der Waals surface area contributed by atoms with E-state index >= 15 is 0 Å². The van der Waals surface area contributed by atoms with E-state index in [4.69, 9.17) is 10.5 Å². The highest BCUT2D eigenvalue weighted by molar-refractivity contribution is 5.50. The first-order valence-corrected chi connectivity index (χ1v) is 5.98. The van der Waals surface area contributed by atoms with Crippen molar-refractivity contribution in [1.29, 1.82) is 0 Å². The van der Waals surface area contributed by atoms with Gasteiger partial charge in [0.2, 0.25) is 5.82 Å². The molecule has 3 N–H and O–H groups in total. The second-order valence-electron chi connectivity index (χ2n) is 4.15. The van der Waals surface area contributed by atoms with Gasteiger partial charge >= 0.3 is 5.69 Å². The largest absolute Gasteiger partial charge is 0.383 e. The topological polar surface area (TPSA) is 90.4 Å². The minimum atomic E-state index is -0.856. The van der Waals surface area contributed by atoms with E-state index in [1.54, 1.807) is 7.11 Å². The molecule has 1 aromatic carbocycles. The zero-order valence-electron chi connectivity index (χ0n) is 10.8. The second kappa shape index (κ2) is 7.65. The summed E-state index contributed by atoms with van der Waals surface area (Å²) in [6.07, 6.45) is 1.60. The number of nitro groups is 1. The number of ether oxygens (including phenoxy) is 1. The number of hydrogen-bond donors (Lipinski definition) is 2. The Labute approximate surface area is 110 Å². The van der Waals surface area contributed by atoms with Gasteiger partial charge in [0.25, 0.3) is 0 Å². The summed E-state index contributed by atoms with van der Waals surface area (Å²) in [5, 5.41) is 13.6. The maximum Gasteiger partial charge on any atom is 0.304 e. The molecule has 0 spiro atoms. The Morgan fingerprint density at radius 1 is 1.58 bits per heavy atom. The lowest BCUT2D eigenvalue weighted by Gasteiger charge is -2.18. The van der Waals surface area contributed by atoms with E-state index in [-0.39, 0.29) is 6.04 Å². The Balaban J connectivity index is 2.73. The zero-order valence-corrected chi connectivity index (χ0v) is 10.8. The van der Waals surface area contributed by atoms with Crippen molar-refractivity contribution in [3.8, 4) is 0 Å². The number of nitrogens with zero attached hydrogens (tertiary/aromatic N) is 1. The van der Waals surface area contributed by atoms with Gasteiger partial charge in [-0.25, -0.2) is 0 Å². The molecule has 0 radical (unpaired) electrons. The maximum atomic E-state index is 13.5. The molecular formula is C12H18FN3O3. The Morgan fingerprint density at radius 3 is 2.84 bits per heavy atom. The number of anilines is 1. The molecule has 1 atom stereocenters. The van der Waals surface area contributed by atoms with Crippen molar-refractivity contribution >= 4 is 11.4 Å². The molecule has 0 aliphatic heterocycles. The lowest BCUT2D eigenvalue weighted by Crippen LogP contribution is -2.25. The van der Waals surface area contributed by atoms with Crippen LogP contribution in [0.25, 0.3) is 0 Å². The third-order valence-electron chi connectivity index (χ3n) is 2.64. The number of hydrogen-bond acceptors (Lipinski definition) is 5. The molecule has 0 saturated carbocycles. The first kappa shape index (κ1) is 15.3. The lowest BCUT2D eigenvalue weighted by molar-refractivity contribution is -0.387. The van der Waals surface area contributed by atoms with Gasteiger partial charge in [0, 0.05) is 31.0 Å². The molecule has 0 amide bonds. The number of nitrogens with two attached hydrogens (primary N) is 1. The summed E-state index contributed by atoms with van der Waals surface area (Å²) < 4.78 is 18.5. The second-order valence-corrected chi connectivity index (χ2v) is 4.15. The van der Waals surface area contributed by atoms with Gasteiger partial charge in [-0.1, -0.05) is 0 Å². The molecule has 1 rings (SSSR count). The first-order chi connectivity index (χ1) is 9.08. The van der Waals surface area contributed by atoms with Gasteiger partial charge < -0.3 is 15.8 Å². The van der Waals surface area contributed by atoms with Gasteiger partial charge in [0.05, 0.1) is 11.5 Å². The van der Waals surface area contributed by atoms with Crippen molar-refractivity contribution in [2.45, 2.75) is 18.9 Å². The van der Waals surface area contributed by atoms with E-state index in [2.05, 4.69) is 5.32 Å². The molecule has 0 aromatic heterocycles. The van der Waals surface area contributed by atoms with Gasteiger partial charge in [-0.15, -0.1) is 0 Å². The molecule has 6 nitrogen and oxygen atoms in total. The predicted molar refractivity (Wildman–Crippen MR) is 70.6 cm³/mol. The van der Waals surface area contributed by atoms with E-state index in [0.717, 1.165) is 25.0 Å². The molecular weight excluding hydrogens is 253 g/mol. The highest BCUT2D eigenvalue weighted by atomic mass is 19.1. The molecule has 0 heterocycles. The standard InChI is InChI=1S/C12H18FN3O3/c1-19-8-10(3-2-6-14)15-9-4-5-12(16(17)18)11(13)7-9/h4-5,7,10,15H,2-3,6,8,14H2,1H3. The molecule has 19 heavy (non-hydrogen) atoms. The summed E-state index contributed by atoms with van der Waals surface area (Å²) in [4.78, 5) is 9.76. The van der Waals surface area contributed by atoms with Crippen molar-refractivity contribution in [2.75, 3.05) is 25.6 Å². The Kier molecular flexibility index (Phi) is 6.17. The summed E-state index contributed by atoms with van der Waals surface area (Å²) >= 11 is 0. The highest BCUT2D eigenvalue weighted by Crippen LogP contribution is 2.21. The van der Waals surface area contributed by atoms with E-state index in [9.17, 15) is 14.5 Å². The van der Waals surface area contributed by atoms with Crippen LogP contribution in [0.15, 0.2) is 18.2 Å². The average Bonchev–Trinajstić information content (AvgIpc) is 2.36. The smallest absolute Gasteiger partial charge is 0.304 e. The van der Waals surface area contributed by atoms with E-state index in [0.29, 0.717) is 18.8 Å². The quantitative estimate of drug-likeness (QED) is 0.556. The van der Waals surface area contributed by atoms with Crippen LogP contribution in [-0.4, -0.2) is 31.2 Å². The van der Waals surface area contributed by atoms with Gasteiger partial charge in [-0.05, 0) is 25.5 Å². The molecule has 0 saturated heterocycles. The van der Waals surface area contributed by atoms with E-state index < -0.39 is 16.4 Å². The Morgan fingerprint density at radius 2 is 2.32 bits per heavy atom. The number of halogens is 1. The Hall–Kier alpha value is -1.73. The number of nitrogens with one attached hydrogen (secondary N) is 1. The van der Waals surface area contributed by atoms with Gasteiger partial charge in [0.15, 0.2) is 0 Å².